The number of halogens is 1. The van der Waals surface area contributed by atoms with Gasteiger partial charge in [-0.15, -0.1) is 0 Å². The molecule has 4 nitrogen and oxygen atoms in total. The maximum atomic E-state index is 11.2. The zero-order valence-corrected chi connectivity index (χ0v) is 11.5. The Morgan fingerprint density at radius 3 is 2.82 bits per heavy atom. The van der Waals surface area contributed by atoms with Crippen LogP contribution >= 0.6 is 15.9 Å². The molecule has 5 heteroatoms. The summed E-state index contributed by atoms with van der Waals surface area (Å²) in [6.07, 6.45) is 0. The van der Waals surface area contributed by atoms with Crippen molar-refractivity contribution in [3.63, 3.8) is 0 Å². The van der Waals surface area contributed by atoms with Gasteiger partial charge in [0.25, 0.3) is 0 Å². The second-order valence-corrected chi connectivity index (χ2v) is 4.48. The smallest absolute Gasteiger partial charge is 0.344 e. The van der Waals surface area contributed by atoms with Crippen LogP contribution in [0.2, 0.25) is 0 Å². The number of rotatable bonds is 5. The predicted octanol–water partition coefficient (Wildman–Crippen LogP) is 2.41. The van der Waals surface area contributed by atoms with E-state index in [1.807, 2.05) is 19.1 Å². The fraction of sp³-hybridized carbons (Fsp3) is 0.417. The molecule has 0 aliphatic carbocycles. The van der Waals surface area contributed by atoms with Gasteiger partial charge in [-0.05, 0) is 32.0 Å². The van der Waals surface area contributed by atoms with E-state index >= 15 is 0 Å². The predicted molar refractivity (Wildman–Crippen MR) is 68.9 cm³/mol. The number of carbonyl (C=O) groups excluding carboxylic acids is 1. The minimum Gasteiger partial charge on any atom is -0.482 e. The first kappa shape index (κ1) is 14.0. The fourth-order valence-electron chi connectivity index (χ4n) is 1.35. The number of hydrogen-bond donors (Lipinski definition) is 1. The molecule has 0 aliphatic heterocycles. The summed E-state index contributed by atoms with van der Waals surface area (Å²) in [4.78, 5) is 11.2. The molecule has 0 amide bonds. The van der Waals surface area contributed by atoms with Crippen LogP contribution in [0.1, 0.15) is 25.5 Å². The second kappa shape index (κ2) is 6.61. The number of ether oxygens (including phenoxy) is 2. The molecule has 0 spiro atoms. The molecule has 1 aromatic rings. The number of carbonyl (C=O) groups is 1. The van der Waals surface area contributed by atoms with Crippen LogP contribution in [0.15, 0.2) is 22.7 Å². The summed E-state index contributed by atoms with van der Waals surface area (Å²) in [5.74, 6) is 0.224. The van der Waals surface area contributed by atoms with Gasteiger partial charge in [0, 0.05) is 16.1 Å². The Morgan fingerprint density at radius 2 is 2.24 bits per heavy atom. The Morgan fingerprint density at radius 1 is 1.53 bits per heavy atom. The van der Waals surface area contributed by atoms with Gasteiger partial charge < -0.3 is 15.2 Å². The minimum absolute atomic E-state index is 0.102. The van der Waals surface area contributed by atoms with Gasteiger partial charge in [-0.1, -0.05) is 15.9 Å². The molecule has 1 aromatic carbocycles. The SMILES string of the molecule is CCOC(=O)COc1ccc(Br)cc1[C@H](C)N. The molecule has 0 fully saturated rings. The molecule has 0 saturated heterocycles. The molecule has 0 saturated carbocycles. The lowest BCUT2D eigenvalue weighted by atomic mass is 10.1. The van der Waals surface area contributed by atoms with Crippen molar-refractivity contribution in [2.24, 2.45) is 5.73 Å². The van der Waals surface area contributed by atoms with Crippen LogP contribution in [0.4, 0.5) is 0 Å². The van der Waals surface area contributed by atoms with E-state index in [2.05, 4.69) is 15.9 Å². The largest absolute Gasteiger partial charge is 0.482 e. The zero-order valence-electron chi connectivity index (χ0n) is 9.90. The summed E-state index contributed by atoms with van der Waals surface area (Å²) in [5, 5.41) is 0. The lowest BCUT2D eigenvalue weighted by molar-refractivity contribution is -0.145. The summed E-state index contributed by atoms with van der Waals surface area (Å²) >= 11 is 3.37. The van der Waals surface area contributed by atoms with Crippen molar-refractivity contribution >= 4 is 21.9 Å². The third-order valence-corrected chi connectivity index (χ3v) is 2.61. The van der Waals surface area contributed by atoms with Crippen LogP contribution in [0.25, 0.3) is 0 Å². The molecule has 94 valence electrons. The molecule has 0 aliphatic rings. The fourth-order valence-corrected chi connectivity index (χ4v) is 1.72. The lowest BCUT2D eigenvalue weighted by Gasteiger charge is -2.13. The average Bonchev–Trinajstić information content (AvgIpc) is 2.27. The Labute approximate surface area is 109 Å². The van der Waals surface area contributed by atoms with E-state index in [0.29, 0.717) is 12.4 Å². The Kier molecular flexibility index (Phi) is 5.44. The van der Waals surface area contributed by atoms with E-state index in [9.17, 15) is 4.79 Å². The number of hydrogen-bond acceptors (Lipinski definition) is 4. The molecule has 0 unspecified atom stereocenters. The molecule has 1 rings (SSSR count). The summed E-state index contributed by atoms with van der Waals surface area (Å²) in [5.41, 5.74) is 6.68. The molecular formula is C12H16BrNO3. The summed E-state index contributed by atoms with van der Waals surface area (Å²) in [7, 11) is 0. The van der Waals surface area contributed by atoms with Crippen molar-refractivity contribution in [1.29, 1.82) is 0 Å². The monoisotopic (exact) mass is 301 g/mol. The van der Waals surface area contributed by atoms with Gasteiger partial charge in [0.1, 0.15) is 5.75 Å². The Hall–Kier alpha value is -1.07. The minimum atomic E-state index is -0.383. The van der Waals surface area contributed by atoms with Crippen molar-refractivity contribution in [3.8, 4) is 5.75 Å². The Balaban J connectivity index is 2.73. The van der Waals surface area contributed by atoms with Crippen molar-refractivity contribution in [3.05, 3.63) is 28.2 Å². The summed E-state index contributed by atoms with van der Waals surface area (Å²) in [6.45, 7) is 3.86. The number of esters is 1. The molecule has 17 heavy (non-hydrogen) atoms. The third kappa shape index (κ3) is 4.36. The van der Waals surface area contributed by atoms with E-state index in [0.717, 1.165) is 10.0 Å². The second-order valence-electron chi connectivity index (χ2n) is 3.56. The highest BCUT2D eigenvalue weighted by molar-refractivity contribution is 9.10. The van der Waals surface area contributed by atoms with Crippen molar-refractivity contribution in [2.45, 2.75) is 19.9 Å². The van der Waals surface area contributed by atoms with Crippen LogP contribution in [0.3, 0.4) is 0 Å². The van der Waals surface area contributed by atoms with Gasteiger partial charge in [0.05, 0.1) is 6.61 Å². The topological polar surface area (TPSA) is 61.5 Å². The first-order valence-electron chi connectivity index (χ1n) is 5.38. The average molecular weight is 302 g/mol. The van der Waals surface area contributed by atoms with Crippen LogP contribution in [-0.2, 0) is 9.53 Å². The molecule has 0 radical (unpaired) electrons. The van der Waals surface area contributed by atoms with Gasteiger partial charge in [-0.2, -0.15) is 0 Å². The summed E-state index contributed by atoms with van der Waals surface area (Å²) in [6, 6.07) is 5.34. The van der Waals surface area contributed by atoms with Crippen molar-refractivity contribution in [2.75, 3.05) is 13.2 Å². The normalized spacial score (nSPS) is 12.0. The molecule has 0 heterocycles. The maximum absolute atomic E-state index is 11.2. The van der Waals surface area contributed by atoms with Gasteiger partial charge >= 0.3 is 5.97 Å². The van der Waals surface area contributed by atoms with Crippen LogP contribution in [0.5, 0.6) is 5.75 Å². The highest BCUT2D eigenvalue weighted by Gasteiger charge is 2.11. The van der Waals surface area contributed by atoms with Crippen molar-refractivity contribution in [1.82, 2.24) is 0 Å². The van der Waals surface area contributed by atoms with Crippen LogP contribution < -0.4 is 10.5 Å². The molecule has 1 atom stereocenters. The highest BCUT2D eigenvalue weighted by Crippen LogP contribution is 2.27. The van der Waals surface area contributed by atoms with E-state index in [-0.39, 0.29) is 18.6 Å². The maximum Gasteiger partial charge on any atom is 0.344 e. The van der Waals surface area contributed by atoms with Crippen LogP contribution in [0, 0.1) is 0 Å². The molecule has 0 bridgehead atoms. The Bertz CT molecular complexity index is 393. The van der Waals surface area contributed by atoms with Crippen LogP contribution in [-0.4, -0.2) is 19.2 Å². The molecule has 0 aromatic heterocycles. The molecular weight excluding hydrogens is 286 g/mol. The number of benzene rings is 1. The van der Waals surface area contributed by atoms with Gasteiger partial charge in [-0.25, -0.2) is 4.79 Å². The van der Waals surface area contributed by atoms with Crippen molar-refractivity contribution < 1.29 is 14.3 Å². The highest BCUT2D eigenvalue weighted by atomic mass is 79.9. The quantitative estimate of drug-likeness (QED) is 0.849. The summed E-state index contributed by atoms with van der Waals surface area (Å²) < 4.78 is 11.1. The van der Waals surface area contributed by atoms with E-state index < -0.39 is 0 Å². The van der Waals surface area contributed by atoms with Gasteiger partial charge in [-0.3, -0.25) is 0 Å². The first-order chi connectivity index (χ1) is 8.04. The molecule has 2 N–H and O–H groups in total. The van der Waals surface area contributed by atoms with Gasteiger partial charge in [0.15, 0.2) is 6.61 Å². The lowest BCUT2D eigenvalue weighted by Crippen LogP contribution is -2.16. The first-order valence-corrected chi connectivity index (χ1v) is 6.17. The van der Waals surface area contributed by atoms with E-state index in [1.165, 1.54) is 0 Å². The zero-order chi connectivity index (χ0) is 12.8. The van der Waals surface area contributed by atoms with E-state index in [4.69, 9.17) is 15.2 Å². The van der Waals surface area contributed by atoms with Gasteiger partial charge in [0.2, 0.25) is 0 Å². The van der Waals surface area contributed by atoms with E-state index in [1.54, 1.807) is 13.0 Å². The third-order valence-electron chi connectivity index (χ3n) is 2.11. The number of nitrogens with two attached hydrogens (primary N) is 1. The standard InChI is InChI=1S/C12H16BrNO3/c1-3-16-12(15)7-17-11-5-4-9(13)6-10(11)8(2)14/h4-6,8H,3,7,14H2,1-2H3/t8-/m0/s1.